The lowest BCUT2D eigenvalue weighted by molar-refractivity contribution is -0.147. The van der Waals surface area contributed by atoms with Gasteiger partial charge in [-0.15, -0.1) is 0 Å². The molecule has 2 aromatic rings. The van der Waals surface area contributed by atoms with Gasteiger partial charge in [-0.3, -0.25) is 9.69 Å². The molecule has 2 aromatic carbocycles. The van der Waals surface area contributed by atoms with Crippen LogP contribution < -0.4 is 0 Å². The highest BCUT2D eigenvalue weighted by Crippen LogP contribution is 2.24. The molecule has 0 aliphatic carbocycles. The normalized spacial score (nSPS) is 20.2. The van der Waals surface area contributed by atoms with Gasteiger partial charge in [0.15, 0.2) is 0 Å². The summed E-state index contributed by atoms with van der Waals surface area (Å²) < 4.78 is 10.6. The topological polar surface area (TPSA) is 38.8 Å². The minimum absolute atomic E-state index is 0.0258. The van der Waals surface area contributed by atoms with Gasteiger partial charge in [0, 0.05) is 19.1 Å². The van der Waals surface area contributed by atoms with E-state index >= 15 is 0 Å². The second-order valence-corrected chi connectivity index (χ2v) is 6.11. The minimum atomic E-state index is -0.234. The van der Waals surface area contributed by atoms with Gasteiger partial charge in [0.25, 0.3) is 0 Å². The molecule has 1 heterocycles. The van der Waals surface area contributed by atoms with Gasteiger partial charge in [-0.1, -0.05) is 60.7 Å². The van der Waals surface area contributed by atoms with Gasteiger partial charge in [-0.05, 0) is 11.1 Å². The molecule has 0 aromatic heterocycles. The second kappa shape index (κ2) is 8.08. The van der Waals surface area contributed by atoms with Gasteiger partial charge in [-0.2, -0.15) is 0 Å². The van der Waals surface area contributed by atoms with Crippen molar-refractivity contribution < 1.29 is 14.3 Å². The molecule has 2 unspecified atom stereocenters. The van der Waals surface area contributed by atoms with Crippen LogP contribution in [0.3, 0.4) is 0 Å². The maximum Gasteiger partial charge on any atom is 0.312 e. The standard InChI is InChI=1S/C20H23NO3/c1-23-20(22)18-14-24-15-19(18)21(12-16-8-4-2-5-9-16)13-17-10-6-3-7-11-17/h2-11,18-19H,12-15H2,1H3. The van der Waals surface area contributed by atoms with Crippen molar-refractivity contribution in [3.8, 4) is 0 Å². The van der Waals surface area contributed by atoms with Crippen molar-refractivity contribution in [1.82, 2.24) is 4.90 Å². The molecule has 4 heteroatoms. The summed E-state index contributed by atoms with van der Waals surface area (Å²) in [4.78, 5) is 14.4. The second-order valence-electron chi connectivity index (χ2n) is 6.11. The van der Waals surface area contributed by atoms with Crippen LogP contribution in [0.4, 0.5) is 0 Å². The average molecular weight is 325 g/mol. The molecule has 0 spiro atoms. The number of carbonyl (C=O) groups excluding carboxylic acids is 1. The quantitative estimate of drug-likeness (QED) is 0.766. The summed E-state index contributed by atoms with van der Waals surface area (Å²) in [5.41, 5.74) is 2.45. The van der Waals surface area contributed by atoms with Crippen molar-refractivity contribution in [2.24, 2.45) is 5.92 Å². The molecule has 126 valence electrons. The van der Waals surface area contributed by atoms with Gasteiger partial charge in [-0.25, -0.2) is 0 Å². The van der Waals surface area contributed by atoms with Crippen molar-refractivity contribution >= 4 is 5.97 Å². The van der Waals surface area contributed by atoms with Crippen LogP contribution in [0.25, 0.3) is 0 Å². The number of nitrogens with zero attached hydrogens (tertiary/aromatic N) is 1. The van der Waals surface area contributed by atoms with Gasteiger partial charge in [0.2, 0.25) is 0 Å². The lowest BCUT2D eigenvalue weighted by Crippen LogP contribution is -2.42. The van der Waals surface area contributed by atoms with Gasteiger partial charge in [0.1, 0.15) is 0 Å². The Labute approximate surface area is 143 Å². The first-order valence-electron chi connectivity index (χ1n) is 8.25. The Kier molecular flexibility index (Phi) is 5.62. The van der Waals surface area contributed by atoms with Crippen molar-refractivity contribution in [2.45, 2.75) is 19.1 Å². The van der Waals surface area contributed by atoms with E-state index in [1.807, 2.05) is 36.4 Å². The van der Waals surface area contributed by atoms with Crippen LogP contribution in [0.1, 0.15) is 11.1 Å². The Morgan fingerprint density at radius 3 is 2.04 bits per heavy atom. The molecule has 0 amide bonds. The van der Waals surface area contributed by atoms with Crippen molar-refractivity contribution in [2.75, 3.05) is 20.3 Å². The first kappa shape index (κ1) is 16.7. The first-order valence-corrected chi connectivity index (χ1v) is 8.25. The van der Waals surface area contributed by atoms with Crippen LogP contribution in [0, 0.1) is 5.92 Å². The number of ether oxygens (including phenoxy) is 2. The lowest BCUT2D eigenvalue weighted by atomic mass is 10.0. The van der Waals surface area contributed by atoms with Crippen LogP contribution >= 0.6 is 0 Å². The molecular formula is C20H23NO3. The molecule has 24 heavy (non-hydrogen) atoms. The molecule has 4 nitrogen and oxygen atoms in total. The number of benzene rings is 2. The van der Waals surface area contributed by atoms with Crippen LogP contribution in [0.2, 0.25) is 0 Å². The Hall–Kier alpha value is -2.17. The van der Waals surface area contributed by atoms with Crippen LogP contribution in [-0.2, 0) is 27.4 Å². The van der Waals surface area contributed by atoms with Crippen molar-refractivity contribution in [3.63, 3.8) is 0 Å². The summed E-state index contributed by atoms with van der Waals surface area (Å²) in [7, 11) is 1.44. The molecule has 1 saturated heterocycles. The summed E-state index contributed by atoms with van der Waals surface area (Å²) in [6.45, 7) is 2.53. The van der Waals surface area contributed by atoms with Gasteiger partial charge < -0.3 is 9.47 Å². The predicted molar refractivity (Wildman–Crippen MR) is 92.2 cm³/mol. The number of hydrogen-bond acceptors (Lipinski definition) is 4. The maximum absolute atomic E-state index is 12.1. The third kappa shape index (κ3) is 4.02. The van der Waals surface area contributed by atoms with Crippen LogP contribution in [-0.4, -0.2) is 37.2 Å². The largest absolute Gasteiger partial charge is 0.469 e. The number of esters is 1. The highest BCUT2D eigenvalue weighted by Gasteiger charge is 2.38. The summed E-state index contributed by atoms with van der Waals surface area (Å²) in [5, 5.41) is 0. The zero-order chi connectivity index (χ0) is 16.8. The van der Waals surface area contributed by atoms with Crippen molar-refractivity contribution in [1.29, 1.82) is 0 Å². The van der Waals surface area contributed by atoms with Crippen molar-refractivity contribution in [3.05, 3.63) is 71.8 Å². The minimum Gasteiger partial charge on any atom is -0.469 e. The molecule has 2 atom stereocenters. The summed E-state index contributed by atoms with van der Waals surface area (Å²) in [6.07, 6.45) is 0. The Morgan fingerprint density at radius 2 is 1.54 bits per heavy atom. The smallest absolute Gasteiger partial charge is 0.312 e. The van der Waals surface area contributed by atoms with E-state index in [0.29, 0.717) is 13.2 Å². The zero-order valence-corrected chi connectivity index (χ0v) is 13.9. The van der Waals surface area contributed by atoms with E-state index in [1.54, 1.807) is 0 Å². The van der Waals surface area contributed by atoms with E-state index in [9.17, 15) is 4.79 Å². The SMILES string of the molecule is COC(=O)C1COCC1N(Cc1ccccc1)Cc1ccccc1. The lowest BCUT2D eigenvalue weighted by Gasteiger charge is -2.31. The number of hydrogen-bond donors (Lipinski definition) is 0. The molecule has 3 rings (SSSR count). The highest BCUT2D eigenvalue weighted by molar-refractivity contribution is 5.73. The fourth-order valence-corrected chi connectivity index (χ4v) is 3.21. The molecule has 0 saturated carbocycles. The number of methoxy groups -OCH3 is 1. The number of carbonyl (C=O) groups is 1. The van der Waals surface area contributed by atoms with Gasteiger partial charge >= 0.3 is 5.97 Å². The van der Waals surface area contributed by atoms with E-state index < -0.39 is 0 Å². The summed E-state index contributed by atoms with van der Waals surface area (Å²) in [5.74, 6) is -0.425. The van der Waals surface area contributed by atoms with E-state index in [-0.39, 0.29) is 17.9 Å². The molecule has 1 aliphatic rings. The average Bonchev–Trinajstić information content (AvgIpc) is 3.12. The Balaban J connectivity index is 1.82. The third-order valence-electron chi connectivity index (χ3n) is 4.48. The third-order valence-corrected chi connectivity index (χ3v) is 4.48. The van der Waals surface area contributed by atoms with E-state index in [1.165, 1.54) is 18.2 Å². The van der Waals surface area contributed by atoms with E-state index in [4.69, 9.17) is 9.47 Å². The fraction of sp³-hybridized carbons (Fsp3) is 0.350. The Morgan fingerprint density at radius 1 is 1.00 bits per heavy atom. The molecule has 0 bridgehead atoms. The molecule has 1 aliphatic heterocycles. The van der Waals surface area contributed by atoms with Crippen LogP contribution in [0.15, 0.2) is 60.7 Å². The molecule has 1 fully saturated rings. The molecular weight excluding hydrogens is 302 g/mol. The predicted octanol–water partition coefficient (Wildman–Crippen LogP) is 2.88. The zero-order valence-electron chi connectivity index (χ0n) is 13.9. The molecule has 0 radical (unpaired) electrons. The fourth-order valence-electron chi connectivity index (χ4n) is 3.21. The summed E-state index contributed by atoms with van der Waals surface area (Å²) in [6, 6.07) is 20.7. The number of rotatable bonds is 6. The molecule has 0 N–H and O–H groups in total. The summed E-state index contributed by atoms with van der Waals surface area (Å²) >= 11 is 0. The Bertz CT molecular complexity index is 603. The van der Waals surface area contributed by atoms with Gasteiger partial charge in [0.05, 0.1) is 26.2 Å². The van der Waals surface area contributed by atoms with E-state index in [0.717, 1.165) is 13.1 Å². The maximum atomic E-state index is 12.1. The highest BCUT2D eigenvalue weighted by atomic mass is 16.5. The van der Waals surface area contributed by atoms with Crippen LogP contribution in [0.5, 0.6) is 0 Å². The monoisotopic (exact) mass is 325 g/mol. The van der Waals surface area contributed by atoms with E-state index in [2.05, 4.69) is 29.2 Å². The first-order chi connectivity index (χ1) is 11.8.